The van der Waals surface area contributed by atoms with Crippen molar-refractivity contribution in [3.8, 4) is 5.75 Å². The second kappa shape index (κ2) is 6.02. The highest BCUT2D eigenvalue weighted by Crippen LogP contribution is 2.38. The monoisotopic (exact) mass is 303 g/mol. The van der Waals surface area contributed by atoms with Gasteiger partial charge in [0, 0.05) is 24.0 Å². The molecule has 0 radical (unpaired) electrons. The molecule has 1 fully saturated rings. The largest absolute Gasteiger partial charge is 0.497 e. The zero-order valence-corrected chi connectivity index (χ0v) is 13.6. The van der Waals surface area contributed by atoms with Crippen LogP contribution in [0.4, 0.5) is 5.13 Å². The first-order chi connectivity index (χ1) is 10.2. The van der Waals surface area contributed by atoms with Crippen LogP contribution in [0.3, 0.4) is 0 Å². The van der Waals surface area contributed by atoms with Gasteiger partial charge in [-0.15, -0.1) is 0 Å². The van der Waals surface area contributed by atoms with Crippen LogP contribution in [0.2, 0.25) is 0 Å². The molecule has 2 aromatic rings. The normalized spacial score (nSPS) is 18.5. The highest BCUT2D eigenvalue weighted by atomic mass is 32.1. The highest BCUT2D eigenvalue weighted by molar-refractivity contribution is 7.09. The van der Waals surface area contributed by atoms with Crippen molar-refractivity contribution in [3.63, 3.8) is 0 Å². The lowest BCUT2D eigenvalue weighted by Crippen LogP contribution is -2.22. The summed E-state index contributed by atoms with van der Waals surface area (Å²) in [6.45, 7) is 5.32. The Hall–Kier alpha value is -1.62. The zero-order valence-electron chi connectivity index (χ0n) is 12.7. The number of rotatable bonds is 4. The van der Waals surface area contributed by atoms with Gasteiger partial charge in [0.15, 0.2) is 0 Å². The van der Waals surface area contributed by atoms with E-state index in [1.165, 1.54) is 23.5 Å². The van der Waals surface area contributed by atoms with Gasteiger partial charge in [0.1, 0.15) is 11.6 Å². The molecular formula is C16H21N3OS. The standard InChI is InChI=1S/C16H21N3OS/c1-11(2)15-17-16(21-18-15)19-9-5-8-14(19)12-6-4-7-13(10-12)20-3/h4,6-7,10-11,14H,5,8-9H2,1-3H3. The number of anilines is 1. The third-order valence-corrected chi connectivity index (χ3v) is 4.69. The Morgan fingerprint density at radius 3 is 2.95 bits per heavy atom. The molecule has 1 saturated heterocycles. The number of nitrogens with zero attached hydrogens (tertiary/aromatic N) is 3. The van der Waals surface area contributed by atoms with Crippen LogP contribution in [0, 0.1) is 0 Å². The first-order valence-corrected chi connectivity index (χ1v) is 8.20. The number of hydrogen-bond donors (Lipinski definition) is 0. The van der Waals surface area contributed by atoms with Crippen molar-refractivity contribution in [1.82, 2.24) is 9.36 Å². The molecule has 1 unspecified atom stereocenters. The third kappa shape index (κ3) is 2.88. The van der Waals surface area contributed by atoms with Crippen LogP contribution in [-0.4, -0.2) is 23.0 Å². The third-order valence-electron chi connectivity index (χ3n) is 3.92. The van der Waals surface area contributed by atoms with Crippen LogP contribution in [-0.2, 0) is 0 Å². The topological polar surface area (TPSA) is 38.2 Å². The van der Waals surface area contributed by atoms with Crippen molar-refractivity contribution in [1.29, 1.82) is 0 Å². The van der Waals surface area contributed by atoms with Crippen molar-refractivity contribution in [2.24, 2.45) is 0 Å². The van der Waals surface area contributed by atoms with Crippen LogP contribution in [0.1, 0.15) is 50.0 Å². The molecule has 0 amide bonds. The molecule has 1 atom stereocenters. The van der Waals surface area contributed by atoms with Crippen LogP contribution >= 0.6 is 11.5 Å². The van der Waals surface area contributed by atoms with Crippen LogP contribution in [0.15, 0.2) is 24.3 Å². The van der Waals surface area contributed by atoms with E-state index < -0.39 is 0 Å². The van der Waals surface area contributed by atoms with Crippen molar-refractivity contribution >= 4 is 16.7 Å². The average Bonchev–Trinajstić information content (AvgIpc) is 3.15. The highest BCUT2D eigenvalue weighted by Gasteiger charge is 2.29. The molecule has 112 valence electrons. The van der Waals surface area contributed by atoms with Gasteiger partial charge in [-0.25, -0.2) is 4.98 Å². The van der Waals surface area contributed by atoms with E-state index in [1.807, 2.05) is 6.07 Å². The summed E-state index contributed by atoms with van der Waals surface area (Å²) in [5.41, 5.74) is 1.30. The Balaban J connectivity index is 1.87. The van der Waals surface area contributed by atoms with Gasteiger partial charge in [0.25, 0.3) is 0 Å². The molecule has 0 bridgehead atoms. The minimum Gasteiger partial charge on any atom is -0.497 e. The van der Waals surface area contributed by atoms with Crippen LogP contribution in [0.25, 0.3) is 0 Å². The van der Waals surface area contributed by atoms with Crippen molar-refractivity contribution in [2.75, 3.05) is 18.6 Å². The van der Waals surface area contributed by atoms with Crippen molar-refractivity contribution in [2.45, 2.75) is 38.6 Å². The maximum absolute atomic E-state index is 5.35. The van der Waals surface area contributed by atoms with E-state index in [0.717, 1.165) is 29.7 Å². The second-order valence-corrected chi connectivity index (χ2v) is 6.45. The molecular weight excluding hydrogens is 282 g/mol. The summed E-state index contributed by atoms with van der Waals surface area (Å²) < 4.78 is 9.83. The average molecular weight is 303 g/mol. The van der Waals surface area contributed by atoms with Gasteiger partial charge in [-0.3, -0.25) is 0 Å². The Morgan fingerprint density at radius 1 is 1.38 bits per heavy atom. The van der Waals surface area contributed by atoms with Gasteiger partial charge >= 0.3 is 0 Å². The SMILES string of the molecule is COc1cccc(C2CCCN2c2nc(C(C)C)ns2)c1. The van der Waals surface area contributed by atoms with Gasteiger partial charge in [0.2, 0.25) is 5.13 Å². The summed E-state index contributed by atoms with van der Waals surface area (Å²) in [7, 11) is 1.71. The van der Waals surface area contributed by atoms with Gasteiger partial charge in [-0.2, -0.15) is 4.37 Å². The Bertz CT molecular complexity index is 611. The molecule has 21 heavy (non-hydrogen) atoms. The van der Waals surface area contributed by atoms with E-state index in [1.54, 1.807) is 7.11 Å². The Labute approximate surface area is 129 Å². The maximum Gasteiger partial charge on any atom is 0.205 e. The fourth-order valence-corrected chi connectivity index (χ4v) is 3.65. The Kier molecular flexibility index (Phi) is 4.10. The second-order valence-electron chi connectivity index (χ2n) is 5.72. The molecule has 1 aliphatic rings. The molecule has 0 spiro atoms. The molecule has 4 nitrogen and oxygen atoms in total. The summed E-state index contributed by atoms with van der Waals surface area (Å²) >= 11 is 1.52. The lowest BCUT2D eigenvalue weighted by molar-refractivity contribution is 0.414. The Morgan fingerprint density at radius 2 is 2.24 bits per heavy atom. The fourth-order valence-electron chi connectivity index (χ4n) is 2.77. The number of ether oxygens (including phenoxy) is 1. The summed E-state index contributed by atoms with van der Waals surface area (Å²) in [6, 6.07) is 8.74. The van der Waals surface area contributed by atoms with E-state index in [0.29, 0.717) is 12.0 Å². The molecule has 1 aliphatic heterocycles. The van der Waals surface area contributed by atoms with E-state index >= 15 is 0 Å². The number of aromatic nitrogens is 2. The lowest BCUT2D eigenvalue weighted by Gasteiger charge is -2.24. The van der Waals surface area contributed by atoms with Gasteiger partial charge < -0.3 is 9.64 Å². The quantitative estimate of drug-likeness (QED) is 0.855. The lowest BCUT2D eigenvalue weighted by atomic mass is 10.0. The summed E-state index contributed by atoms with van der Waals surface area (Å²) in [5.74, 6) is 2.25. The smallest absolute Gasteiger partial charge is 0.205 e. The van der Waals surface area contributed by atoms with Gasteiger partial charge in [-0.1, -0.05) is 26.0 Å². The van der Waals surface area contributed by atoms with Crippen LogP contribution in [0.5, 0.6) is 5.75 Å². The predicted molar refractivity (Wildman–Crippen MR) is 86.3 cm³/mol. The maximum atomic E-state index is 5.35. The molecule has 0 aliphatic carbocycles. The minimum atomic E-state index is 0.382. The van der Waals surface area contributed by atoms with Crippen LogP contribution < -0.4 is 9.64 Å². The van der Waals surface area contributed by atoms with E-state index in [2.05, 4.69) is 41.3 Å². The van der Waals surface area contributed by atoms with Gasteiger partial charge in [-0.05, 0) is 30.5 Å². The van der Waals surface area contributed by atoms with Gasteiger partial charge in [0.05, 0.1) is 13.2 Å². The number of hydrogen-bond acceptors (Lipinski definition) is 5. The molecule has 0 saturated carbocycles. The molecule has 1 aromatic carbocycles. The predicted octanol–water partition coefficient (Wildman–Crippen LogP) is 4.01. The summed E-state index contributed by atoms with van der Waals surface area (Å²) in [6.07, 6.45) is 2.35. The number of benzene rings is 1. The van der Waals surface area contributed by atoms with Crippen molar-refractivity contribution < 1.29 is 4.74 Å². The molecule has 5 heteroatoms. The van der Waals surface area contributed by atoms with E-state index in [4.69, 9.17) is 9.72 Å². The molecule has 0 N–H and O–H groups in total. The number of methoxy groups -OCH3 is 1. The summed E-state index contributed by atoms with van der Waals surface area (Å²) in [4.78, 5) is 7.10. The molecule has 2 heterocycles. The van der Waals surface area contributed by atoms with E-state index in [9.17, 15) is 0 Å². The van der Waals surface area contributed by atoms with Crippen molar-refractivity contribution in [3.05, 3.63) is 35.7 Å². The van der Waals surface area contributed by atoms with E-state index in [-0.39, 0.29) is 0 Å². The fraction of sp³-hybridized carbons (Fsp3) is 0.500. The molecule has 1 aromatic heterocycles. The molecule has 3 rings (SSSR count). The zero-order chi connectivity index (χ0) is 14.8. The minimum absolute atomic E-state index is 0.382. The first-order valence-electron chi connectivity index (χ1n) is 7.43. The first kappa shape index (κ1) is 14.3. The summed E-state index contributed by atoms with van der Waals surface area (Å²) in [5, 5.41) is 1.05.